The van der Waals surface area contributed by atoms with Crippen LogP contribution < -0.4 is 5.73 Å². The van der Waals surface area contributed by atoms with Gasteiger partial charge in [-0.05, 0) is 38.0 Å². The van der Waals surface area contributed by atoms with Gasteiger partial charge in [0.15, 0.2) is 0 Å². The van der Waals surface area contributed by atoms with Crippen molar-refractivity contribution in [3.05, 3.63) is 0 Å². The van der Waals surface area contributed by atoms with Crippen LogP contribution in [0.1, 0.15) is 64.7 Å². The number of nitrogens with two attached hydrogens (primary N) is 1. The predicted octanol–water partition coefficient (Wildman–Crippen LogP) is 2.93. The van der Waals surface area contributed by atoms with Crippen molar-refractivity contribution in [2.75, 3.05) is 7.05 Å². The van der Waals surface area contributed by atoms with Crippen molar-refractivity contribution >= 4 is 5.91 Å². The molecule has 2 rings (SSSR count). The molecule has 19 heavy (non-hydrogen) atoms. The average molecular weight is 266 g/mol. The zero-order valence-electron chi connectivity index (χ0n) is 12.6. The van der Waals surface area contributed by atoms with Crippen molar-refractivity contribution in [2.24, 2.45) is 17.6 Å². The van der Waals surface area contributed by atoms with E-state index in [1.54, 1.807) is 0 Å². The van der Waals surface area contributed by atoms with Crippen molar-refractivity contribution in [1.82, 2.24) is 4.90 Å². The summed E-state index contributed by atoms with van der Waals surface area (Å²) in [5.41, 5.74) is 6.06. The quantitative estimate of drug-likeness (QED) is 0.781. The van der Waals surface area contributed by atoms with Crippen LogP contribution in [0.5, 0.6) is 0 Å². The summed E-state index contributed by atoms with van der Waals surface area (Å²) in [5, 5.41) is 0. The Balaban J connectivity index is 1.96. The molecule has 0 aromatic rings. The Bertz CT molecular complexity index is 297. The Hall–Kier alpha value is -0.570. The fourth-order valence-electron chi connectivity index (χ4n) is 3.79. The van der Waals surface area contributed by atoms with E-state index in [2.05, 4.69) is 11.8 Å². The monoisotopic (exact) mass is 266 g/mol. The highest BCUT2D eigenvalue weighted by Crippen LogP contribution is 2.32. The van der Waals surface area contributed by atoms with E-state index >= 15 is 0 Å². The molecule has 2 aliphatic carbocycles. The second kappa shape index (κ2) is 6.74. The van der Waals surface area contributed by atoms with Crippen molar-refractivity contribution in [3.63, 3.8) is 0 Å². The topological polar surface area (TPSA) is 46.3 Å². The summed E-state index contributed by atoms with van der Waals surface area (Å²) in [6.07, 6.45) is 10.7. The van der Waals surface area contributed by atoms with Crippen LogP contribution in [0.25, 0.3) is 0 Å². The molecule has 0 aliphatic heterocycles. The summed E-state index contributed by atoms with van der Waals surface area (Å²) in [5.74, 6) is 1.02. The van der Waals surface area contributed by atoms with Crippen LogP contribution in [-0.2, 0) is 4.79 Å². The van der Waals surface area contributed by atoms with Crippen LogP contribution in [0.2, 0.25) is 0 Å². The highest BCUT2D eigenvalue weighted by Gasteiger charge is 2.34. The third-order valence-electron chi connectivity index (χ3n) is 5.27. The third kappa shape index (κ3) is 3.71. The van der Waals surface area contributed by atoms with E-state index in [0.717, 1.165) is 19.3 Å². The number of hydrogen-bond donors (Lipinski definition) is 1. The van der Waals surface area contributed by atoms with E-state index in [1.807, 2.05) is 7.05 Å². The van der Waals surface area contributed by atoms with Gasteiger partial charge in [-0.2, -0.15) is 0 Å². The van der Waals surface area contributed by atoms with E-state index < -0.39 is 0 Å². The molecule has 2 fully saturated rings. The van der Waals surface area contributed by atoms with Crippen LogP contribution in [0, 0.1) is 11.8 Å². The SMILES string of the molecule is CC1CCC(N)CC1C(=O)N(C)C1CCCCCC1. The van der Waals surface area contributed by atoms with Gasteiger partial charge < -0.3 is 10.6 Å². The predicted molar refractivity (Wildman–Crippen MR) is 78.7 cm³/mol. The molecule has 3 unspecified atom stereocenters. The van der Waals surface area contributed by atoms with E-state index in [-0.39, 0.29) is 12.0 Å². The Morgan fingerprint density at radius 3 is 2.32 bits per heavy atom. The Morgan fingerprint density at radius 2 is 1.68 bits per heavy atom. The molecule has 2 N–H and O–H groups in total. The molecular weight excluding hydrogens is 236 g/mol. The maximum atomic E-state index is 12.7. The van der Waals surface area contributed by atoms with Gasteiger partial charge in [0.1, 0.15) is 0 Å². The number of carbonyl (C=O) groups excluding carboxylic acids is 1. The van der Waals surface area contributed by atoms with Gasteiger partial charge >= 0.3 is 0 Å². The summed E-state index contributed by atoms with van der Waals surface area (Å²) < 4.78 is 0. The Labute approximate surface area is 117 Å². The molecule has 0 heterocycles. The lowest BCUT2D eigenvalue weighted by Crippen LogP contribution is -2.46. The van der Waals surface area contributed by atoms with E-state index in [1.165, 1.54) is 38.5 Å². The van der Waals surface area contributed by atoms with Crippen LogP contribution in [0.15, 0.2) is 0 Å². The molecular formula is C16H30N2O. The molecule has 3 atom stereocenters. The molecule has 0 bridgehead atoms. The molecule has 1 amide bonds. The summed E-state index contributed by atoms with van der Waals surface area (Å²) >= 11 is 0. The van der Waals surface area contributed by atoms with Crippen LogP contribution in [0.4, 0.5) is 0 Å². The number of hydrogen-bond acceptors (Lipinski definition) is 2. The lowest BCUT2D eigenvalue weighted by molar-refractivity contribution is -0.139. The number of nitrogens with zero attached hydrogens (tertiary/aromatic N) is 1. The van der Waals surface area contributed by atoms with Crippen molar-refractivity contribution in [3.8, 4) is 0 Å². The summed E-state index contributed by atoms with van der Waals surface area (Å²) in [4.78, 5) is 14.8. The second-order valence-electron chi connectivity index (χ2n) is 6.75. The van der Waals surface area contributed by atoms with Crippen molar-refractivity contribution in [1.29, 1.82) is 0 Å². The molecule has 2 saturated carbocycles. The first-order valence-electron chi connectivity index (χ1n) is 8.12. The zero-order valence-corrected chi connectivity index (χ0v) is 12.6. The maximum absolute atomic E-state index is 12.7. The van der Waals surface area contributed by atoms with Crippen molar-refractivity contribution in [2.45, 2.75) is 76.8 Å². The Kier molecular flexibility index (Phi) is 5.26. The summed E-state index contributed by atoms with van der Waals surface area (Å²) in [6, 6.07) is 0.702. The van der Waals surface area contributed by atoms with Crippen LogP contribution in [-0.4, -0.2) is 29.9 Å². The van der Waals surface area contributed by atoms with E-state index in [0.29, 0.717) is 17.9 Å². The lowest BCUT2D eigenvalue weighted by atomic mass is 9.77. The first-order chi connectivity index (χ1) is 9.09. The normalized spacial score (nSPS) is 33.7. The maximum Gasteiger partial charge on any atom is 0.225 e. The summed E-state index contributed by atoms with van der Waals surface area (Å²) in [7, 11) is 2.02. The number of amides is 1. The molecule has 0 aromatic carbocycles. The fraction of sp³-hybridized carbons (Fsp3) is 0.938. The lowest BCUT2D eigenvalue weighted by Gasteiger charge is -2.37. The van der Waals surface area contributed by atoms with Gasteiger partial charge in [-0.15, -0.1) is 0 Å². The van der Waals surface area contributed by atoms with Gasteiger partial charge in [-0.1, -0.05) is 32.6 Å². The molecule has 2 aliphatic rings. The minimum atomic E-state index is 0.164. The molecule has 110 valence electrons. The molecule has 0 saturated heterocycles. The third-order valence-corrected chi connectivity index (χ3v) is 5.27. The van der Waals surface area contributed by atoms with Gasteiger partial charge in [0.2, 0.25) is 5.91 Å². The highest BCUT2D eigenvalue weighted by molar-refractivity contribution is 5.79. The molecule has 3 heteroatoms. The summed E-state index contributed by atoms with van der Waals surface area (Å²) in [6.45, 7) is 2.22. The highest BCUT2D eigenvalue weighted by atomic mass is 16.2. The van der Waals surface area contributed by atoms with E-state index in [9.17, 15) is 4.79 Å². The van der Waals surface area contributed by atoms with Gasteiger partial charge in [-0.25, -0.2) is 0 Å². The Morgan fingerprint density at radius 1 is 1.05 bits per heavy atom. The largest absolute Gasteiger partial charge is 0.343 e. The van der Waals surface area contributed by atoms with Gasteiger partial charge in [0.05, 0.1) is 0 Å². The minimum absolute atomic E-state index is 0.164. The molecule has 0 radical (unpaired) electrons. The molecule has 0 spiro atoms. The second-order valence-corrected chi connectivity index (χ2v) is 6.75. The zero-order chi connectivity index (χ0) is 13.8. The first kappa shape index (κ1) is 14.8. The molecule has 3 nitrogen and oxygen atoms in total. The first-order valence-corrected chi connectivity index (χ1v) is 8.12. The standard InChI is InChI=1S/C16H30N2O/c1-12-9-10-13(17)11-15(12)16(19)18(2)14-7-5-3-4-6-8-14/h12-15H,3-11,17H2,1-2H3. The smallest absolute Gasteiger partial charge is 0.225 e. The fourth-order valence-corrected chi connectivity index (χ4v) is 3.79. The average Bonchev–Trinajstić information content (AvgIpc) is 2.69. The van der Waals surface area contributed by atoms with Crippen LogP contribution in [0.3, 0.4) is 0 Å². The van der Waals surface area contributed by atoms with Crippen molar-refractivity contribution < 1.29 is 4.79 Å². The van der Waals surface area contributed by atoms with Gasteiger partial charge in [-0.3, -0.25) is 4.79 Å². The van der Waals surface area contributed by atoms with E-state index in [4.69, 9.17) is 5.73 Å². The van der Waals surface area contributed by atoms with Gasteiger partial charge in [0, 0.05) is 25.0 Å². The van der Waals surface area contributed by atoms with Gasteiger partial charge in [0.25, 0.3) is 0 Å². The number of rotatable bonds is 2. The molecule has 0 aromatic heterocycles. The number of carbonyl (C=O) groups is 1. The minimum Gasteiger partial charge on any atom is -0.343 e. The van der Waals surface area contributed by atoms with Crippen LogP contribution >= 0.6 is 0 Å².